The van der Waals surface area contributed by atoms with E-state index in [0.29, 0.717) is 6.04 Å². The predicted molar refractivity (Wildman–Crippen MR) is 59.5 cm³/mol. The molecule has 2 saturated heterocycles. The van der Waals surface area contributed by atoms with Gasteiger partial charge in [0.05, 0.1) is 0 Å². The maximum absolute atomic E-state index is 11.8. The summed E-state index contributed by atoms with van der Waals surface area (Å²) < 4.78 is 0. The third-order valence-corrected chi connectivity index (χ3v) is 4.11. The van der Waals surface area contributed by atoms with Gasteiger partial charge >= 0.3 is 0 Å². The third-order valence-electron chi connectivity index (χ3n) is 2.94. The van der Waals surface area contributed by atoms with Crippen molar-refractivity contribution in [3.63, 3.8) is 0 Å². The molecule has 2 aliphatic rings. The number of carbonyl (C=O) groups excluding carboxylic acids is 1. The molecule has 2 atom stereocenters. The number of carbonyl (C=O) groups is 1. The molecule has 2 fully saturated rings. The molecule has 0 aromatic rings. The minimum atomic E-state index is 0.280. The van der Waals surface area contributed by atoms with Crippen LogP contribution in [-0.4, -0.2) is 36.5 Å². The van der Waals surface area contributed by atoms with Crippen LogP contribution >= 0.6 is 11.8 Å². The zero-order chi connectivity index (χ0) is 9.80. The second-order valence-electron chi connectivity index (χ2n) is 4.11. The highest BCUT2D eigenvalue weighted by atomic mass is 32.2. The molecule has 1 amide bonds. The largest absolute Gasteiger partial charge is 0.352 e. The predicted octanol–water partition coefficient (Wildman–Crippen LogP) is 0.608. The van der Waals surface area contributed by atoms with Gasteiger partial charge in [-0.05, 0) is 31.6 Å². The molecule has 0 aliphatic carbocycles. The molecule has 3 nitrogen and oxygen atoms in total. The molecule has 2 heterocycles. The Kier molecular flexibility index (Phi) is 3.70. The van der Waals surface area contributed by atoms with Gasteiger partial charge in [0.1, 0.15) is 0 Å². The molecular formula is C10H18N2OS. The lowest BCUT2D eigenvalue weighted by atomic mass is 10.0. The number of amides is 1. The lowest BCUT2D eigenvalue weighted by Gasteiger charge is -2.25. The highest BCUT2D eigenvalue weighted by Crippen LogP contribution is 2.23. The van der Waals surface area contributed by atoms with Gasteiger partial charge in [0.25, 0.3) is 0 Å². The second-order valence-corrected chi connectivity index (χ2v) is 5.26. The molecule has 80 valence electrons. The van der Waals surface area contributed by atoms with Gasteiger partial charge in [0, 0.05) is 24.3 Å². The number of nitrogens with one attached hydrogen (secondary N) is 2. The van der Waals surface area contributed by atoms with Crippen molar-refractivity contribution in [3.05, 3.63) is 0 Å². The molecule has 0 aromatic carbocycles. The van der Waals surface area contributed by atoms with Gasteiger partial charge in [-0.3, -0.25) is 4.79 Å². The first-order valence-corrected chi connectivity index (χ1v) is 6.60. The molecule has 2 rings (SSSR count). The second kappa shape index (κ2) is 5.03. The Labute approximate surface area is 89.4 Å². The number of rotatable bonds is 2. The molecule has 0 aromatic heterocycles. The molecule has 0 spiro atoms. The van der Waals surface area contributed by atoms with E-state index in [1.165, 1.54) is 6.42 Å². The van der Waals surface area contributed by atoms with E-state index in [4.69, 9.17) is 0 Å². The highest BCUT2D eigenvalue weighted by molar-refractivity contribution is 7.99. The van der Waals surface area contributed by atoms with E-state index in [-0.39, 0.29) is 11.8 Å². The molecule has 0 radical (unpaired) electrons. The lowest BCUT2D eigenvalue weighted by Crippen LogP contribution is -2.47. The molecule has 4 heteroatoms. The van der Waals surface area contributed by atoms with Crippen molar-refractivity contribution in [2.45, 2.75) is 25.3 Å². The fourth-order valence-corrected chi connectivity index (χ4v) is 3.26. The van der Waals surface area contributed by atoms with Gasteiger partial charge in [-0.25, -0.2) is 0 Å². The maximum atomic E-state index is 11.8. The van der Waals surface area contributed by atoms with Crippen LogP contribution in [0.1, 0.15) is 19.3 Å². The normalized spacial score (nSPS) is 32.9. The zero-order valence-electron chi connectivity index (χ0n) is 8.42. The maximum Gasteiger partial charge on any atom is 0.224 e. The van der Waals surface area contributed by atoms with Crippen LogP contribution < -0.4 is 10.6 Å². The summed E-state index contributed by atoms with van der Waals surface area (Å²) in [4.78, 5) is 11.8. The van der Waals surface area contributed by atoms with Crippen molar-refractivity contribution in [2.75, 3.05) is 24.6 Å². The van der Waals surface area contributed by atoms with Gasteiger partial charge in [0.15, 0.2) is 0 Å². The summed E-state index contributed by atoms with van der Waals surface area (Å²) in [6, 6.07) is 0.377. The topological polar surface area (TPSA) is 41.1 Å². The Hall–Kier alpha value is -0.220. The molecule has 0 saturated carbocycles. The van der Waals surface area contributed by atoms with E-state index >= 15 is 0 Å². The van der Waals surface area contributed by atoms with Gasteiger partial charge in [0.2, 0.25) is 5.91 Å². The Bertz CT molecular complexity index is 198. The molecule has 2 N–H and O–H groups in total. The van der Waals surface area contributed by atoms with Crippen LogP contribution in [0.25, 0.3) is 0 Å². The van der Waals surface area contributed by atoms with Gasteiger partial charge in [-0.2, -0.15) is 11.8 Å². The van der Waals surface area contributed by atoms with Crippen molar-refractivity contribution < 1.29 is 4.79 Å². The van der Waals surface area contributed by atoms with Crippen molar-refractivity contribution in [1.82, 2.24) is 10.6 Å². The number of thioether (sulfide) groups is 1. The van der Waals surface area contributed by atoms with Crippen molar-refractivity contribution in [1.29, 1.82) is 0 Å². The van der Waals surface area contributed by atoms with E-state index in [9.17, 15) is 4.79 Å². The Balaban J connectivity index is 1.75. The fourth-order valence-electron chi connectivity index (χ4n) is 2.04. The fraction of sp³-hybridized carbons (Fsp3) is 0.900. The average Bonchev–Trinajstić information content (AvgIpc) is 2.72. The number of hydrogen-bond donors (Lipinski definition) is 2. The monoisotopic (exact) mass is 214 g/mol. The Morgan fingerprint density at radius 1 is 1.43 bits per heavy atom. The summed E-state index contributed by atoms with van der Waals surface area (Å²) in [5.41, 5.74) is 0. The molecule has 2 aliphatic heterocycles. The summed E-state index contributed by atoms with van der Waals surface area (Å²) in [5, 5.41) is 6.46. The van der Waals surface area contributed by atoms with E-state index in [1.54, 1.807) is 0 Å². The molecule has 14 heavy (non-hydrogen) atoms. The van der Waals surface area contributed by atoms with Crippen LogP contribution in [0.2, 0.25) is 0 Å². The van der Waals surface area contributed by atoms with Crippen molar-refractivity contribution >= 4 is 17.7 Å². The van der Waals surface area contributed by atoms with Crippen LogP contribution in [-0.2, 0) is 4.79 Å². The highest BCUT2D eigenvalue weighted by Gasteiger charge is 2.25. The third kappa shape index (κ3) is 2.64. The van der Waals surface area contributed by atoms with Crippen LogP contribution in [0, 0.1) is 5.92 Å². The average molecular weight is 214 g/mol. The van der Waals surface area contributed by atoms with Crippen LogP contribution in [0.5, 0.6) is 0 Å². The Morgan fingerprint density at radius 2 is 2.36 bits per heavy atom. The quantitative estimate of drug-likeness (QED) is 0.707. The standard InChI is InChI=1S/C10H18N2OS/c13-10(8-3-5-14-7-8)12-9-2-1-4-11-6-9/h8-9,11H,1-7H2,(H,12,13). The van der Waals surface area contributed by atoms with Crippen LogP contribution in [0.4, 0.5) is 0 Å². The first-order chi connectivity index (χ1) is 6.86. The smallest absolute Gasteiger partial charge is 0.224 e. The SMILES string of the molecule is O=C(NC1CCCNC1)C1CCSC1. The summed E-state index contributed by atoms with van der Waals surface area (Å²) in [5.74, 6) is 2.73. The van der Waals surface area contributed by atoms with Gasteiger partial charge < -0.3 is 10.6 Å². The van der Waals surface area contributed by atoms with Crippen LogP contribution in [0.15, 0.2) is 0 Å². The number of piperidine rings is 1. The molecule has 2 unspecified atom stereocenters. The summed E-state index contributed by atoms with van der Waals surface area (Å²) >= 11 is 1.90. The summed E-state index contributed by atoms with van der Waals surface area (Å²) in [6.07, 6.45) is 3.39. The van der Waals surface area contributed by atoms with Crippen LogP contribution in [0.3, 0.4) is 0 Å². The lowest BCUT2D eigenvalue weighted by molar-refractivity contribution is -0.125. The van der Waals surface area contributed by atoms with Crippen molar-refractivity contribution in [2.24, 2.45) is 5.92 Å². The number of hydrogen-bond acceptors (Lipinski definition) is 3. The Morgan fingerprint density at radius 3 is 3.00 bits per heavy atom. The molecule has 0 bridgehead atoms. The zero-order valence-corrected chi connectivity index (χ0v) is 9.24. The van der Waals surface area contributed by atoms with Gasteiger partial charge in [-0.15, -0.1) is 0 Å². The summed E-state index contributed by atoms with van der Waals surface area (Å²) in [7, 11) is 0. The van der Waals surface area contributed by atoms with Crippen molar-refractivity contribution in [3.8, 4) is 0 Å². The molecular weight excluding hydrogens is 196 g/mol. The van der Waals surface area contributed by atoms with E-state index in [2.05, 4.69) is 10.6 Å². The van der Waals surface area contributed by atoms with E-state index in [0.717, 1.165) is 37.4 Å². The van der Waals surface area contributed by atoms with E-state index < -0.39 is 0 Å². The summed E-state index contributed by atoms with van der Waals surface area (Å²) in [6.45, 7) is 2.05. The van der Waals surface area contributed by atoms with E-state index in [1.807, 2.05) is 11.8 Å². The first-order valence-electron chi connectivity index (χ1n) is 5.45. The minimum absolute atomic E-state index is 0.280. The van der Waals surface area contributed by atoms with Gasteiger partial charge in [-0.1, -0.05) is 0 Å². The minimum Gasteiger partial charge on any atom is -0.352 e. The first kappa shape index (κ1) is 10.3.